The molecular weight excluding hydrogens is 288 g/mol. The fourth-order valence-corrected chi connectivity index (χ4v) is 2.43. The van der Waals surface area contributed by atoms with Gasteiger partial charge in [0.15, 0.2) is 0 Å². The second-order valence-electron chi connectivity index (χ2n) is 5.76. The average Bonchev–Trinajstić information content (AvgIpc) is 2.56. The van der Waals surface area contributed by atoms with Crippen molar-refractivity contribution in [2.75, 3.05) is 19.5 Å². The zero-order valence-electron chi connectivity index (χ0n) is 14.4. The number of ether oxygens (including phenoxy) is 1. The number of hydrogen-bond acceptors (Lipinski definition) is 2. The molecule has 1 N–H and O–H groups in total. The lowest BCUT2D eigenvalue weighted by Crippen LogP contribution is -2.33. The molecule has 0 aliphatic heterocycles. The van der Waals surface area contributed by atoms with Crippen molar-refractivity contribution in [1.82, 2.24) is 4.90 Å². The fourth-order valence-electron chi connectivity index (χ4n) is 2.43. The fraction of sp³-hybridized carbons (Fsp3) is 0.316. The highest BCUT2D eigenvalue weighted by molar-refractivity contribution is 5.89. The molecule has 2 aromatic carbocycles. The van der Waals surface area contributed by atoms with Gasteiger partial charge in [-0.1, -0.05) is 24.3 Å². The van der Waals surface area contributed by atoms with E-state index in [1.54, 1.807) is 19.1 Å². The van der Waals surface area contributed by atoms with Crippen molar-refractivity contribution < 1.29 is 9.53 Å². The monoisotopic (exact) mass is 312 g/mol. The van der Waals surface area contributed by atoms with Crippen LogP contribution in [0, 0.1) is 13.8 Å². The maximum Gasteiger partial charge on any atom is 0.322 e. The third-order valence-electron chi connectivity index (χ3n) is 4.25. The number of para-hydroxylation sites is 1. The Morgan fingerprint density at radius 1 is 1.13 bits per heavy atom. The number of amides is 2. The number of methoxy groups -OCH3 is 1. The second kappa shape index (κ2) is 7.18. The van der Waals surface area contributed by atoms with Crippen LogP contribution in [0.25, 0.3) is 0 Å². The van der Waals surface area contributed by atoms with E-state index in [4.69, 9.17) is 4.74 Å². The van der Waals surface area contributed by atoms with E-state index in [0.29, 0.717) is 0 Å². The third kappa shape index (κ3) is 3.83. The Hall–Kier alpha value is -2.49. The molecule has 0 spiro atoms. The number of aryl methyl sites for hydroxylation is 2. The van der Waals surface area contributed by atoms with E-state index in [-0.39, 0.29) is 12.1 Å². The smallest absolute Gasteiger partial charge is 0.322 e. The van der Waals surface area contributed by atoms with Crippen molar-refractivity contribution in [3.05, 3.63) is 59.2 Å². The van der Waals surface area contributed by atoms with E-state index < -0.39 is 0 Å². The molecule has 4 heteroatoms. The third-order valence-corrected chi connectivity index (χ3v) is 4.25. The Kier molecular flexibility index (Phi) is 5.27. The van der Waals surface area contributed by atoms with Crippen LogP contribution in [0.3, 0.4) is 0 Å². The van der Waals surface area contributed by atoms with Crippen LogP contribution in [0.5, 0.6) is 5.75 Å². The lowest BCUT2D eigenvalue weighted by molar-refractivity contribution is 0.207. The Morgan fingerprint density at radius 3 is 2.48 bits per heavy atom. The minimum absolute atomic E-state index is 0.0994. The first-order chi connectivity index (χ1) is 10.9. The highest BCUT2D eigenvalue weighted by atomic mass is 16.5. The summed E-state index contributed by atoms with van der Waals surface area (Å²) in [5.41, 5.74) is 4.15. The van der Waals surface area contributed by atoms with Crippen LogP contribution < -0.4 is 10.1 Å². The SMILES string of the molecule is COc1ccccc1[C@@H](C)N(C)C(=O)Nc1ccc(C)c(C)c1. The lowest BCUT2D eigenvalue weighted by Gasteiger charge is -2.27. The largest absolute Gasteiger partial charge is 0.496 e. The normalized spacial score (nSPS) is 11.7. The average molecular weight is 312 g/mol. The van der Waals surface area contributed by atoms with Gasteiger partial charge in [0, 0.05) is 18.3 Å². The first-order valence-corrected chi connectivity index (χ1v) is 7.68. The summed E-state index contributed by atoms with van der Waals surface area (Å²) < 4.78 is 5.39. The van der Waals surface area contributed by atoms with Crippen LogP contribution in [0.1, 0.15) is 29.7 Å². The molecule has 2 amide bonds. The van der Waals surface area contributed by atoms with Gasteiger partial charge in [-0.3, -0.25) is 0 Å². The Labute approximate surface area is 138 Å². The van der Waals surface area contributed by atoms with Crippen LogP contribution in [0.4, 0.5) is 10.5 Å². The minimum Gasteiger partial charge on any atom is -0.496 e. The molecule has 2 rings (SSSR count). The maximum atomic E-state index is 12.5. The first-order valence-electron chi connectivity index (χ1n) is 7.68. The molecule has 23 heavy (non-hydrogen) atoms. The lowest BCUT2D eigenvalue weighted by atomic mass is 10.1. The molecule has 0 aliphatic rings. The molecule has 0 bridgehead atoms. The number of carbonyl (C=O) groups excluding carboxylic acids is 1. The number of urea groups is 1. The van der Waals surface area contributed by atoms with Gasteiger partial charge in [0.2, 0.25) is 0 Å². The zero-order chi connectivity index (χ0) is 17.0. The van der Waals surface area contributed by atoms with Crippen LogP contribution >= 0.6 is 0 Å². The standard InChI is InChI=1S/C19H24N2O2/c1-13-10-11-16(12-14(13)2)20-19(22)21(4)15(3)17-8-6-7-9-18(17)23-5/h6-12,15H,1-5H3,(H,20,22)/t15-/m1/s1. The molecule has 0 saturated carbocycles. The minimum atomic E-state index is -0.147. The van der Waals surface area contributed by atoms with Gasteiger partial charge in [-0.25, -0.2) is 4.79 Å². The number of hydrogen-bond donors (Lipinski definition) is 1. The number of rotatable bonds is 4. The van der Waals surface area contributed by atoms with Crippen molar-refractivity contribution in [3.8, 4) is 5.75 Å². The number of nitrogens with one attached hydrogen (secondary N) is 1. The zero-order valence-corrected chi connectivity index (χ0v) is 14.4. The van der Waals surface area contributed by atoms with Crippen LogP contribution in [0.2, 0.25) is 0 Å². The molecule has 122 valence electrons. The predicted molar refractivity (Wildman–Crippen MR) is 94.1 cm³/mol. The van der Waals surface area contributed by atoms with Crippen LogP contribution in [0.15, 0.2) is 42.5 Å². The van der Waals surface area contributed by atoms with E-state index in [1.165, 1.54) is 5.56 Å². The summed E-state index contributed by atoms with van der Waals surface area (Å²) in [6.45, 7) is 6.07. The number of benzene rings is 2. The van der Waals surface area contributed by atoms with E-state index in [2.05, 4.69) is 12.2 Å². The van der Waals surface area contributed by atoms with E-state index >= 15 is 0 Å². The highest BCUT2D eigenvalue weighted by Gasteiger charge is 2.20. The van der Waals surface area contributed by atoms with Gasteiger partial charge in [-0.05, 0) is 50.1 Å². The van der Waals surface area contributed by atoms with Crippen molar-refractivity contribution in [1.29, 1.82) is 0 Å². The second-order valence-corrected chi connectivity index (χ2v) is 5.76. The highest BCUT2D eigenvalue weighted by Crippen LogP contribution is 2.28. The van der Waals surface area contributed by atoms with Crippen molar-refractivity contribution >= 4 is 11.7 Å². The van der Waals surface area contributed by atoms with Crippen LogP contribution in [-0.2, 0) is 0 Å². The van der Waals surface area contributed by atoms with E-state index in [0.717, 1.165) is 22.6 Å². The molecule has 0 radical (unpaired) electrons. The molecule has 0 aliphatic carbocycles. The van der Waals surface area contributed by atoms with Gasteiger partial charge in [0.25, 0.3) is 0 Å². The molecule has 0 aromatic heterocycles. The molecule has 4 nitrogen and oxygen atoms in total. The molecule has 0 unspecified atom stereocenters. The molecule has 0 saturated heterocycles. The van der Waals surface area contributed by atoms with Crippen molar-refractivity contribution in [3.63, 3.8) is 0 Å². The summed E-state index contributed by atoms with van der Waals surface area (Å²) in [5, 5.41) is 2.94. The molecule has 2 aromatic rings. The summed E-state index contributed by atoms with van der Waals surface area (Å²) in [6, 6.07) is 13.4. The van der Waals surface area contributed by atoms with Gasteiger partial charge in [0.1, 0.15) is 5.75 Å². The van der Waals surface area contributed by atoms with Gasteiger partial charge in [-0.15, -0.1) is 0 Å². The molecule has 1 atom stereocenters. The number of nitrogens with zero attached hydrogens (tertiary/aromatic N) is 1. The van der Waals surface area contributed by atoms with Crippen molar-refractivity contribution in [2.24, 2.45) is 0 Å². The molecule has 0 heterocycles. The van der Waals surface area contributed by atoms with Gasteiger partial charge >= 0.3 is 6.03 Å². The van der Waals surface area contributed by atoms with Crippen LogP contribution in [-0.4, -0.2) is 25.1 Å². The summed E-state index contributed by atoms with van der Waals surface area (Å²) >= 11 is 0. The Bertz CT molecular complexity index is 698. The quantitative estimate of drug-likeness (QED) is 0.900. The van der Waals surface area contributed by atoms with Gasteiger partial charge in [0.05, 0.1) is 13.2 Å². The number of anilines is 1. The Balaban J connectivity index is 2.13. The summed E-state index contributed by atoms with van der Waals surface area (Å²) in [5.74, 6) is 0.783. The van der Waals surface area contributed by atoms with E-state index in [9.17, 15) is 4.79 Å². The predicted octanol–water partition coefficient (Wildman–Crippen LogP) is 4.54. The number of carbonyl (C=O) groups is 1. The molecule has 0 fully saturated rings. The van der Waals surface area contributed by atoms with Gasteiger partial charge < -0.3 is 15.0 Å². The summed E-state index contributed by atoms with van der Waals surface area (Å²) in [7, 11) is 3.42. The molecular formula is C19H24N2O2. The van der Waals surface area contributed by atoms with Gasteiger partial charge in [-0.2, -0.15) is 0 Å². The summed E-state index contributed by atoms with van der Waals surface area (Å²) in [4.78, 5) is 14.2. The Morgan fingerprint density at radius 2 is 1.83 bits per heavy atom. The van der Waals surface area contributed by atoms with E-state index in [1.807, 2.05) is 56.3 Å². The topological polar surface area (TPSA) is 41.6 Å². The first kappa shape index (κ1) is 16.9. The maximum absolute atomic E-state index is 12.5. The van der Waals surface area contributed by atoms with Crippen molar-refractivity contribution in [2.45, 2.75) is 26.8 Å². The summed E-state index contributed by atoms with van der Waals surface area (Å²) in [6.07, 6.45) is 0.